The van der Waals surface area contributed by atoms with Crippen molar-refractivity contribution < 1.29 is 9.53 Å². The van der Waals surface area contributed by atoms with Gasteiger partial charge >= 0.3 is 5.97 Å². The molecule has 0 saturated heterocycles. The lowest BCUT2D eigenvalue weighted by Crippen LogP contribution is -2.04. The molecular weight excluding hydrogens is 238 g/mol. The molecule has 0 aliphatic carbocycles. The molecule has 2 aromatic carbocycles. The highest BCUT2D eigenvalue weighted by molar-refractivity contribution is 5.73. The summed E-state index contributed by atoms with van der Waals surface area (Å²) in [4.78, 5) is 11.2. The van der Waals surface area contributed by atoms with Crippen molar-refractivity contribution in [2.75, 3.05) is 7.11 Å². The van der Waals surface area contributed by atoms with Gasteiger partial charge in [-0.15, -0.1) is 0 Å². The molecule has 0 fully saturated rings. The van der Waals surface area contributed by atoms with Crippen molar-refractivity contribution in [3.63, 3.8) is 0 Å². The number of carbonyl (C=O) groups is 1. The smallest absolute Gasteiger partial charge is 0.309 e. The summed E-state index contributed by atoms with van der Waals surface area (Å²) in [5, 5.41) is 0. The van der Waals surface area contributed by atoms with E-state index in [-0.39, 0.29) is 5.97 Å². The first-order chi connectivity index (χ1) is 9.22. The Morgan fingerprint density at radius 2 is 1.42 bits per heavy atom. The summed E-state index contributed by atoms with van der Waals surface area (Å²) in [6, 6.07) is 16.1. The van der Waals surface area contributed by atoms with Gasteiger partial charge in [0.1, 0.15) is 0 Å². The van der Waals surface area contributed by atoms with Crippen molar-refractivity contribution in [3.05, 3.63) is 59.7 Å². The molecule has 0 radical (unpaired) electrons. The molecule has 0 atom stereocenters. The predicted molar refractivity (Wildman–Crippen MR) is 75.5 cm³/mol. The van der Waals surface area contributed by atoms with Crippen LogP contribution in [-0.2, 0) is 22.5 Å². The predicted octanol–water partition coefficient (Wildman–Crippen LogP) is 2.53. The molecule has 2 aromatic rings. The van der Waals surface area contributed by atoms with Gasteiger partial charge in [0.2, 0.25) is 0 Å². The number of rotatable bonds is 4. The van der Waals surface area contributed by atoms with Crippen LogP contribution in [0.4, 0.5) is 0 Å². The van der Waals surface area contributed by atoms with E-state index >= 15 is 0 Å². The van der Waals surface area contributed by atoms with Crippen LogP contribution in [0.15, 0.2) is 48.5 Å². The fraction of sp³-hybridized carbons (Fsp3) is 0.188. The third-order valence-corrected chi connectivity index (χ3v) is 3.05. The quantitative estimate of drug-likeness (QED) is 0.854. The second kappa shape index (κ2) is 6.16. The monoisotopic (exact) mass is 255 g/mol. The fourth-order valence-electron chi connectivity index (χ4n) is 1.89. The van der Waals surface area contributed by atoms with E-state index in [1.807, 2.05) is 36.4 Å². The van der Waals surface area contributed by atoms with Gasteiger partial charge in [0.15, 0.2) is 0 Å². The molecule has 2 rings (SSSR count). The molecule has 0 bridgehead atoms. The molecule has 0 aromatic heterocycles. The van der Waals surface area contributed by atoms with Crippen LogP contribution in [-0.4, -0.2) is 13.1 Å². The number of hydrogen-bond acceptors (Lipinski definition) is 3. The van der Waals surface area contributed by atoms with Gasteiger partial charge in [0.05, 0.1) is 13.5 Å². The van der Waals surface area contributed by atoms with Crippen LogP contribution in [0.25, 0.3) is 11.1 Å². The third-order valence-electron chi connectivity index (χ3n) is 3.05. The standard InChI is InChI=1S/C16H17NO2/c1-19-16(18)10-12-2-6-14(7-3-12)15-8-4-13(11-17)5-9-15/h2-9H,10-11,17H2,1H3. The van der Waals surface area contributed by atoms with Gasteiger partial charge in [-0.1, -0.05) is 48.5 Å². The molecule has 19 heavy (non-hydrogen) atoms. The number of benzene rings is 2. The number of hydrogen-bond donors (Lipinski definition) is 1. The van der Waals surface area contributed by atoms with Gasteiger partial charge in [-0.3, -0.25) is 4.79 Å². The molecule has 0 aliphatic heterocycles. The van der Waals surface area contributed by atoms with Crippen molar-refractivity contribution in [3.8, 4) is 11.1 Å². The Kier molecular flexibility index (Phi) is 4.31. The molecule has 2 N–H and O–H groups in total. The lowest BCUT2D eigenvalue weighted by atomic mass is 10.0. The summed E-state index contributed by atoms with van der Waals surface area (Å²) < 4.78 is 4.64. The highest BCUT2D eigenvalue weighted by atomic mass is 16.5. The van der Waals surface area contributed by atoms with Crippen LogP contribution in [0.5, 0.6) is 0 Å². The van der Waals surface area contributed by atoms with E-state index in [1.165, 1.54) is 7.11 Å². The van der Waals surface area contributed by atoms with Crippen LogP contribution in [0.2, 0.25) is 0 Å². The first kappa shape index (κ1) is 13.3. The molecule has 0 aliphatic rings. The Morgan fingerprint density at radius 1 is 0.947 bits per heavy atom. The molecule has 0 unspecified atom stereocenters. The minimum absolute atomic E-state index is 0.222. The Balaban J connectivity index is 2.14. The lowest BCUT2D eigenvalue weighted by molar-refractivity contribution is -0.139. The normalized spacial score (nSPS) is 10.2. The van der Waals surface area contributed by atoms with Gasteiger partial charge in [0, 0.05) is 6.54 Å². The largest absolute Gasteiger partial charge is 0.469 e. The number of ether oxygens (including phenoxy) is 1. The molecule has 0 spiro atoms. The Morgan fingerprint density at radius 3 is 1.84 bits per heavy atom. The first-order valence-corrected chi connectivity index (χ1v) is 6.18. The first-order valence-electron chi connectivity index (χ1n) is 6.18. The van der Waals surface area contributed by atoms with Crippen molar-refractivity contribution in [1.82, 2.24) is 0 Å². The SMILES string of the molecule is COC(=O)Cc1ccc(-c2ccc(CN)cc2)cc1. The average molecular weight is 255 g/mol. The molecule has 0 saturated carbocycles. The van der Waals surface area contributed by atoms with Crippen LogP contribution in [0.3, 0.4) is 0 Å². The summed E-state index contributed by atoms with van der Waals surface area (Å²) in [5.41, 5.74) is 9.91. The van der Waals surface area contributed by atoms with Gasteiger partial charge < -0.3 is 10.5 Å². The van der Waals surface area contributed by atoms with Gasteiger partial charge in [-0.2, -0.15) is 0 Å². The van der Waals surface area contributed by atoms with E-state index in [4.69, 9.17) is 5.73 Å². The van der Waals surface area contributed by atoms with E-state index in [0.29, 0.717) is 13.0 Å². The van der Waals surface area contributed by atoms with E-state index in [9.17, 15) is 4.79 Å². The molecule has 0 heterocycles. The Hall–Kier alpha value is -2.13. The van der Waals surface area contributed by atoms with Crippen LogP contribution < -0.4 is 5.73 Å². The minimum atomic E-state index is -0.222. The van der Waals surface area contributed by atoms with E-state index in [1.54, 1.807) is 0 Å². The fourth-order valence-corrected chi connectivity index (χ4v) is 1.89. The highest BCUT2D eigenvalue weighted by Gasteiger charge is 2.03. The summed E-state index contributed by atoms with van der Waals surface area (Å²) in [6.07, 6.45) is 0.308. The van der Waals surface area contributed by atoms with Crippen LogP contribution in [0, 0.1) is 0 Å². The maximum Gasteiger partial charge on any atom is 0.309 e. The molecule has 0 amide bonds. The summed E-state index contributed by atoms with van der Waals surface area (Å²) >= 11 is 0. The zero-order valence-corrected chi connectivity index (χ0v) is 10.9. The van der Waals surface area contributed by atoms with Crippen molar-refractivity contribution >= 4 is 5.97 Å². The second-order valence-electron chi connectivity index (χ2n) is 4.35. The van der Waals surface area contributed by atoms with Crippen molar-refractivity contribution in [1.29, 1.82) is 0 Å². The number of nitrogens with two attached hydrogens (primary N) is 1. The molecular formula is C16H17NO2. The zero-order valence-electron chi connectivity index (χ0n) is 10.9. The van der Waals surface area contributed by atoms with Crippen LogP contribution in [0.1, 0.15) is 11.1 Å². The molecule has 3 heteroatoms. The molecule has 3 nitrogen and oxygen atoms in total. The van der Waals surface area contributed by atoms with E-state index < -0.39 is 0 Å². The number of carbonyl (C=O) groups excluding carboxylic acids is 1. The topological polar surface area (TPSA) is 52.3 Å². The summed E-state index contributed by atoms with van der Waals surface area (Å²) in [6.45, 7) is 0.554. The second-order valence-corrected chi connectivity index (χ2v) is 4.35. The minimum Gasteiger partial charge on any atom is -0.469 e. The molecule has 98 valence electrons. The lowest BCUT2D eigenvalue weighted by Gasteiger charge is -2.05. The number of methoxy groups -OCH3 is 1. The summed E-state index contributed by atoms with van der Waals surface area (Å²) in [5.74, 6) is -0.222. The van der Waals surface area contributed by atoms with Crippen molar-refractivity contribution in [2.45, 2.75) is 13.0 Å². The third kappa shape index (κ3) is 3.42. The highest BCUT2D eigenvalue weighted by Crippen LogP contribution is 2.20. The maximum absolute atomic E-state index is 11.2. The van der Waals surface area contributed by atoms with Gasteiger partial charge in [-0.05, 0) is 22.3 Å². The van der Waals surface area contributed by atoms with E-state index in [2.05, 4.69) is 16.9 Å². The van der Waals surface area contributed by atoms with Gasteiger partial charge in [0.25, 0.3) is 0 Å². The Bertz CT molecular complexity index is 544. The van der Waals surface area contributed by atoms with Crippen molar-refractivity contribution in [2.24, 2.45) is 5.73 Å². The Labute approximate surface area is 113 Å². The van der Waals surface area contributed by atoms with Crippen LogP contribution >= 0.6 is 0 Å². The van der Waals surface area contributed by atoms with E-state index in [0.717, 1.165) is 22.3 Å². The average Bonchev–Trinajstić information content (AvgIpc) is 2.48. The zero-order chi connectivity index (χ0) is 13.7. The number of esters is 1. The van der Waals surface area contributed by atoms with Gasteiger partial charge in [-0.25, -0.2) is 0 Å². The summed E-state index contributed by atoms with van der Waals surface area (Å²) in [7, 11) is 1.40. The maximum atomic E-state index is 11.2.